The van der Waals surface area contributed by atoms with E-state index in [1.807, 2.05) is 6.92 Å². The SMILES string of the molecule is CCN(CC)C(C)Cl.Cl. The van der Waals surface area contributed by atoms with Gasteiger partial charge in [0.15, 0.2) is 0 Å². The van der Waals surface area contributed by atoms with Crippen LogP contribution in [0.2, 0.25) is 0 Å². The Bertz CT molecular complexity index is 53.0. The Kier molecular flexibility index (Phi) is 9.05. The Balaban J connectivity index is 0. The second-order valence-corrected chi connectivity index (χ2v) is 2.43. The molecule has 1 atom stereocenters. The van der Waals surface area contributed by atoms with Crippen molar-refractivity contribution in [2.45, 2.75) is 26.3 Å². The second kappa shape index (κ2) is 6.66. The molecular weight excluding hydrogens is 157 g/mol. The average molecular weight is 172 g/mol. The van der Waals surface area contributed by atoms with E-state index < -0.39 is 0 Å². The molecule has 0 radical (unpaired) electrons. The molecule has 0 saturated heterocycles. The fraction of sp³-hybridized carbons (Fsp3) is 1.00. The molecule has 0 rings (SSSR count). The molecule has 3 heteroatoms. The van der Waals surface area contributed by atoms with Gasteiger partial charge in [-0.3, -0.25) is 4.90 Å². The standard InChI is InChI=1S/C6H14ClN.ClH/c1-4-8(5-2)6(3)7;/h6H,4-5H2,1-3H3;1H. The van der Waals surface area contributed by atoms with Crippen molar-refractivity contribution in [2.75, 3.05) is 13.1 Å². The van der Waals surface area contributed by atoms with Crippen LogP contribution in [0.25, 0.3) is 0 Å². The van der Waals surface area contributed by atoms with E-state index in [4.69, 9.17) is 11.6 Å². The van der Waals surface area contributed by atoms with Gasteiger partial charge >= 0.3 is 0 Å². The van der Waals surface area contributed by atoms with E-state index >= 15 is 0 Å². The summed E-state index contributed by atoms with van der Waals surface area (Å²) in [6.07, 6.45) is 0. The van der Waals surface area contributed by atoms with Crippen LogP contribution in [0.5, 0.6) is 0 Å². The number of hydrogen-bond donors (Lipinski definition) is 0. The molecule has 0 amide bonds. The minimum atomic E-state index is 0. The molecule has 0 fully saturated rings. The molecule has 1 nitrogen and oxygen atoms in total. The monoisotopic (exact) mass is 171 g/mol. The van der Waals surface area contributed by atoms with Gasteiger partial charge in [-0.05, 0) is 20.0 Å². The van der Waals surface area contributed by atoms with Gasteiger partial charge in [-0.1, -0.05) is 13.8 Å². The van der Waals surface area contributed by atoms with Crippen LogP contribution in [-0.2, 0) is 0 Å². The van der Waals surface area contributed by atoms with Crippen molar-refractivity contribution in [1.82, 2.24) is 4.90 Å². The van der Waals surface area contributed by atoms with Crippen molar-refractivity contribution >= 4 is 24.0 Å². The van der Waals surface area contributed by atoms with Crippen LogP contribution in [0.1, 0.15) is 20.8 Å². The summed E-state index contributed by atoms with van der Waals surface area (Å²) in [7, 11) is 0. The van der Waals surface area contributed by atoms with Crippen LogP contribution in [0.15, 0.2) is 0 Å². The topological polar surface area (TPSA) is 3.24 Å². The molecule has 58 valence electrons. The van der Waals surface area contributed by atoms with Crippen molar-refractivity contribution in [2.24, 2.45) is 0 Å². The molecule has 0 saturated carbocycles. The van der Waals surface area contributed by atoms with Crippen molar-refractivity contribution in [3.8, 4) is 0 Å². The number of rotatable bonds is 3. The first-order valence-electron chi connectivity index (χ1n) is 3.10. The zero-order chi connectivity index (χ0) is 6.57. The normalized spacial score (nSPS) is 13.0. The van der Waals surface area contributed by atoms with E-state index in [2.05, 4.69) is 18.7 Å². The largest absolute Gasteiger partial charge is 0.288 e. The maximum absolute atomic E-state index is 5.77. The lowest BCUT2D eigenvalue weighted by Gasteiger charge is -2.19. The zero-order valence-electron chi connectivity index (χ0n) is 6.22. The molecule has 0 aliphatic carbocycles. The lowest BCUT2D eigenvalue weighted by Crippen LogP contribution is -2.28. The van der Waals surface area contributed by atoms with Crippen LogP contribution < -0.4 is 0 Å². The minimum absolute atomic E-state index is 0. The molecule has 0 aromatic rings. The van der Waals surface area contributed by atoms with Crippen LogP contribution >= 0.6 is 24.0 Å². The predicted octanol–water partition coefficient (Wildman–Crippen LogP) is 2.33. The molecule has 0 heterocycles. The summed E-state index contributed by atoms with van der Waals surface area (Å²) in [5, 5.41) is 0. The zero-order valence-corrected chi connectivity index (χ0v) is 7.80. The highest BCUT2D eigenvalue weighted by atomic mass is 35.5. The molecule has 0 aromatic carbocycles. The van der Waals surface area contributed by atoms with Crippen LogP contribution in [0, 0.1) is 0 Å². The lowest BCUT2D eigenvalue weighted by atomic mass is 10.5. The van der Waals surface area contributed by atoms with Gasteiger partial charge in [0.2, 0.25) is 0 Å². The third-order valence-corrected chi connectivity index (χ3v) is 1.59. The summed E-state index contributed by atoms with van der Waals surface area (Å²) in [6.45, 7) is 8.31. The third-order valence-electron chi connectivity index (χ3n) is 1.32. The fourth-order valence-corrected chi connectivity index (χ4v) is 1.00. The molecule has 0 spiro atoms. The van der Waals surface area contributed by atoms with Crippen molar-refractivity contribution < 1.29 is 0 Å². The first kappa shape index (κ1) is 12.2. The van der Waals surface area contributed by atoms with E-state index in [-0.39, 0.29) is 17.9 Å². The summed E-state index contributed by atoms with van der Waals surface area (Å²) in [5.41, 5.74) is 0.185. The van der Waals surface area contributed by atoms with Gasteiger partial charge in [0.05, 0.1) is 5.50 Å². The van der Waals surface area contributed by atoms with Gasteiger partial charge in [-0.15, -0.1) is 24.0 Å². The van der Waals surface area contributed by atoms with Gasteiger partial charge in [-0.25, -0.2) is 0 Å². The highest BCUT2D eigenvalue weighted by molar-refractivity contribution is 6.20. The second-order valence-electron chi connectivity index (χ2n) is 1.80. The summed E-state index contributed by atoms with van der Waals surface area (Å²) < 4.78 is 0. The van der Waals surface area contributed by atoms with E-state index in [0.29, 0.717) is 0 Å². The Morgan fingerprint density at radius 1 is 1.33 bits per heavy atom. The Hall–Kier alpha value is 0.540. The van der Waals surface area contributed by atoms with Crippen LogP contribution in [-0.4, -0.2) is 23.5 Å². The number of alkyl halides is 1. The molecule has 1 unspecified atom stereocenters. The number of nitrogens with zero attached hydrogens (tertiary/aromatic N) is 1. The fourth-order valence-electron chi connectivity index (χ4n) is 0.727. The van der Waals surface area contributed by atoms with Gasteiger partial charge in [-0.2, -0.15) is 0 Å². The van der Waals surface area contributed by atoms with Crippen molar-refractivity contribution in [3.05, 3.63) is 0 Å². The van der Waals surface area contributed by atoms with Crippen LogP contribution in [0.4, 0.5) is 0 Å². The number of hydrogen-bond acceptors (Lipinski definition) is 1. The maximum atomic E-state index is 5.77. The predicted molar refractivity (Wildman–Crippen MR) is 45.5 cm³/mol. The summed E-state index contributed by atoms with van der Waals surface area (Å²) in [4.78, 5) is 2.18. The molecule has 0 aliphatic heterocycles. The smallest absolute Gasteiger partial charge is 0.0821 e. The van der Waals surface area contributed by atoms with Gasteiger partial charge < -0.3 is 0 Å². The van der Waals surface area contributed by atoms with E-state index in [1.165, 1.54) is 0 Å². The summed E-state index contributed by atoms with van der Waals surface area (Å²) in [6, 6.07) is 0. The molecule has 0 bridgehead atoms. The van der Waals surface area contributed by atoms with E-state index in [9.17, 15) is 0 Å². The first-order chi connectivity index (χ1) is 3.72. The molecule has 9 heavy (non-hydrogen) atoms. The van der Waals surface area contributed by atoms with E-state index in [0.717, 1.165) is 13.1 Å². The lowest BCUT2D eigenvalue weighted by molar-refractivity contribution is 0.292. The minimum Gasteiger partial charge on any atom is -0.288 e. The first-order valence-corrected chi connectivity index (χ1v) is 3.54. The summed E-state index contributed by atoms with van der Waals surface area (Å²) in [5.74, 6) is 0. The highest BCUT2D eigenvalue weighted by Crippen LogP contribution is 2.00. The number of halogens is 2. The molecule has 0 aliphatic rings. The van der Waals surface area contributed by atoms with Gasteiger partial charge in [0.1, 0.15) is 0 Å². The molecule has 0 aromatic heterocycles. The van der Waals surface area contributed by atoms with Crippen molar-refractivity contribution in [1.29, 1.82) is 0 Å². The Labute approximate surface area is 68.8 Å². The average Bonchev–Trinajstić information content (AvgIpc) is 1.69. The summed E-state index contributed by atoms with van der Waals surface area (Å²) >= 11 is 5.77. The molecular formula is C6H15Cl2N. The Morgan fingerprint density at radius 2 is 1.67 bits per heavy atom. The maximum Gasteiger partial charge on any atom is 0.0821 e. The highest BCUT2D eigenvalue weighted by Gasteiger charge is 2.03. The Morgan fingerprint density at radius 3 is 1.67 bits per heavy atom. The molecule has 0 N–H and O–H groups in total. The van der Waals surface area contributed by atoms with Crippen LogP contribution in [0.3, 0.4) is 0 Å². The third kappa shape index (κ3) is 5.01. The quantitative estimate of drug-likeness (QED) is 0.466. The van der Waals surface area contributed by atoms with Crippen molar-refractivity contribution in [3.63, 3.8) is 0 Å². The van der Waals surface area contributed by atoms with Gasteiger partial charge in [0, 0.05) is 0 Å². The van der Waals surface area contributed by atoms with E-state index in [1.54, 1.807) is 0 Å². The van der Waals surface area contributed by atoms with Gasteiger partial charge in [0.25, 0.3) is 0 Å².